The molecule has 3 rings (SSSR count). The highest BCUT2D eigenvalue weighted by molar-refractivity contribution is 5.93. The summed E-state index contributed by atoms with van der Waals surface area (Å²) in [6.45, 7) is 1.96. The number of rotatable bonds is 6. The molecule has 0 bridgehead atoms. The second kappa shape index (κ2) is 8.09. The van der Waals surface area contributed by atoms with Gasteiger partial charge in [-0.3, -0.25) is 0 Å². The molecule has 1 N–H and O–H groups in total. The zero-order valence-electron chi connectivity index (χ0n) is 14.6. The first-order chi connectivity index (χ1) is 13.1. The third-order valence-electron chi connectivity index (χ3n) is 3.52. The van der Waals surface area contributed by atoms with Crippen LogP contribution >= 0.6 is 0 Å². The van der Waals surface area contributed by atoms with Crippen LogP contribution in [0.3, 0.4) is 0 Å². The predicted octanol–water partition coefficient (Wildman–Crippen LogP) is 2.62. The van der Waals surface area contributed by atoms with Gasteiger partial charge in [0.15, 0.2) is 5.69 Å². The summed E-state index contributed by atoms with van der Waals surface area (Å²) in [5.41, 5.74) is 1.49. The number of hydrogen-bond donors (Lipinski definition) is 1. The lowest BCUT2D eigenvalue weighted by atomic mass is 10.1. The van der Waals surface area contributed by atoms with E-state index in [0.717, 1.165) is 0 Å². The molecule has 138 valence electrons. The Bertz CT molecular complexity index is 952. The molecule has 0 amide bonds. The Morgan fingerprint density at radius 3 is 2.56 bits per heavy atom. The zero-order chi connectivity index (χ0) is 19.2. The molecule has 0 aliphatic rings. The van der Waals surface area contributed by atoms with Crippen molar-refractivity contribution >= 4 is 11.9 Å². The Hall–Kier alpha value is -3.75. The largest absolute Gasteiger partial charge is 0.465 e. The zero-order valence-corrected chi connectivity index (χ0v) is 14.6. The molecule has 0 saturated heterocycles. The Balaban J connectivity index is 1.78. The molecule has 2 aromatic heterocycles. The summed E-state index contributed by atoms with van der Waals surface area (Å²) in [6.07, 6.45) is 1.46. The number of carbonyl (C=O) groups excluding carboxylic acids is 2. The lowest BCUT2D eigenvalue weighted by molar-refractivity contribution is 0.0519. The number of aromatic amines is 1. The van der Waals surface area contributed by atoms with Gasteiger partial charge in [0.05, 0.1) is 19.3 Å². The summed E-state index contributed by atoms with van der Waals surface area (Å²) in [6, 6.07) is 9.83. The number of nitrogens with one attached hydrogen (secondary N) is 1. The van der Waals surface area contributed by atoms with Gasteiger partial charge in [-0.05, 0) is 37.3 Å². The average molecular weight is 368 g/mol. The van der Waals surface area contributed by atoms with Gasteiger partial charge >= 0.3 is 11.9 Å². The first-order valence-electron chi connectivity index (χ1n) is 8.03. The van der Waals surface area contributed by atoms with Crippen molar-refractivity contribution < 1.29 is 23.8 Å². The van der Waals surface area contributed by atoms with Crippen LogP contribution in [0.25, 0.3) is 11.3 Å². The second-order valence-electron chi connectivity index (χ2n) is 5.24. The number of aromatic nitrogens is 4. The van der Waals surface area contributed by atoms with Gasteiger partial charge in [0.2, 0.25) is 5.88 Å². The first-order valence-corrected chi connectivity index (χ1v) is 8.03. The van der Waals surface area contributed by atoms with E-state index in [1.54, 1.807) is 31.2 Å². The molecule has 0 saturated carbocycles. The van der Waals surface area contributed by atoms with Gasteiger partial charge in [0.1, 0.15) is 11.4 Å². The number of hydrogen-bond acceptors (Lipinski definition) is 8. The van der Waals surface area contributed by atoms with Crippen molar-refractivity contribution in [3.05, 3.63) is 53.9 Å². The normalized spacial score (nSPS) is 10.3. The van der Waals surface area contributed by atoms with Crippen molar-refractivity contribution in [2.75, 3.05) is 13.7 Å². The number of H-pyrrole nitrogens is 1. The van der Waals surface area contributed by atoms with Crippen molar-refractivity contribution in [2.45, 2.75) is 6.92 Å². The van der Waals surface area contributed by atoms with Crippen LogP contribution in [0.1, 0.15) is 27.8 Å². The lowest BCUT2D eigenvalue weighted by Gasteiger charge is -2.07. The van der Waals surface area contributed by atoms with Crippen molar-refractivity contribution in [1.82, 2.24) is 20.4 Å². The molecule has 0 spiro atoms. The van der Waals surface area contributed by atoms with Crippen LogP contribution < -0.4 is 4.74 Å². The predicted molar refractivity (Wildman–Crippen MR) is 93.4 cm³/mol. The number of ether oxygens (including phenoxy) is 3. The smallest absolute Gasteiger partial charge is 0.361 e. The number of methoxy groups -OCH3 is 1. The van der Waals surface area contributed by atoms with Crippen LogP contribution in [0, 0.1) is 0 Å². The van der Waals surface area contributed by atoms with Crippen LogP contribution in [-0.4, -0.2) is 46.1 Å². The van der Waals surface area contributed by atoms with Gasteiger partial charge in [-0.15, -0.1) is 5.10 Å². The molecule has 9 nitrogen and oxygen atoms in total. The molecule has 0 atom stereocenters. The summed E-state index contributed by atoms with van der Waals surface area (Å²) in [4.78, 5) is 27.5. The third-order valence-corrected chi connectivity index (χ3v) is 3.52. The molecular weight excluding hydrogens is 352 g/mol. The highest BCUT2D eigenvalue weighted by atomic mass is 16.5. The summed E-state index contributed by atoms with van der Waals surface area (Å²) >= 11 is 0. The maximum absolute atomic E-state index is 11.9. The van der Waals surface area contributed by atoms with Gasteiger partial charge in [-0.25, -0.2) is 14.6 Å². The number of esters is 2. The summed E-state index contributed by atoms with van der Waals surface area (Å²) in [5, 5.41) is 10.3. The topological polar surface area (TPSA) is 116 Å². The van der Waals surface area contributed by atoms with E-state index in [9.17, 15) is 9.59 Å². The maximum Gasteiger partial charge on any atom is 0.361 e. The van der Waals surface area contributed by atoms with Gasteiger partial charge in [-0.1, -0.05) is 0 Å². The van der Waals surface area contributed by atoms with E-state index in [2.05, 4.69) is 25.1 Å². The van der Waals surface area contributed by atoms with Crippen LogP contribution in [-0.2, 0) is 9.47 Å². The molecule has 0 aliphatic carbocycles. The van der Waals surface area contributed by atoms with E-state index >= 15 is 0 Å². The Morgan fingerprint density at radius 2 is 1.85 bits per heavy atom. The fraction of sp³-hybridized carbons (Fsp3) is 0.167. The number of nitrogens with zero attached hydrogens (tertiary/aromatic N) is 3. The molecule has 0 aliphatic heterocycles. The molecule has 0 fully saturated rings. The number of pyridine rings is 1. The van der Waals surface area contributed by atoms with E-state index < -0.39 is 11.9 Å². The van der Waals surface area contributed by atoms with E-state index in [1.165, 1.54) is 25.4 Å². The molecule has 3 aromatic rings. The standard InChI is InChI=1S/C18H16N4O5/c1-3-26-18(24)16-15(20-22-21-16)11-4-6-13(7-5-11)27-14-10-12(8-9-19-14)17(23)25-2/h4-10H,3H2,1-2H3,(H,20,21,22). The minimum atomic E-state index is -0.551. The molecule has 0 radical (unpaired) electrons. The third kappa shape index (κ3) is 4.09. The highest BCUT2D eigenvalue weighted by Crippen LogP contribution is 2.26. The van der Waals surface area contributed by atoms with E-state index in [0.29, 0.717) is 22.6 Å². The van der Waals surface area contributed by atoms with Crippen molar-refractivity contribution in [3.63, 3.8) is 0 Å². The van der Waals surface area contributed by atoms with E-state index in [4.69, 9.17) is 9.47 Å². The summed E-state index contributed by atoms with van der Waals surface area (Å²) < 4.78 is 15.3. The Labute approximate surface area is 154 Å². The molecular formula is C18H16N4O5. The van der Waals surface area contributed by atoms with Gasteiger partial charge < -0.3 is 14.2 Å². The maximum atomic E-state index is 11.9. The van der Waals surface area contributed by atoms with Crippen LogP contribution in [0.4, 0.5) is 0 Å². The Kier molecular flexibility index (Phi) is 5.41. The fourth-order valence-corrected chi connectivity index (χ4v) is 2.29. The molecule has 0 unspecified atom stereocenters. The molecule has 27 heavy (non-hydrogen) atoms. The molecule has 9 heteroatoms. The van der Waals surface area contributed by atoms with Crippen molar-refractivity contribution in [1.29, 1.82) is 0 Å². The minimum Gasteiger partial charge on any atom is -0.465 e. The van der Waals surface area contributed by atoms with Crippen molar-refractivity contribution in [3.8, 4) is 22.9 Å². The van der Waals surface area contributed by atoms with Crippen molar-refractivity contribution in [2.24, 2.45) is 0 Å². The quantitative estimate of drug-likeness (QED) is 0.660. The first kappa shape index (κ1) is 18.1. The summed E-state index contributed by atoms with van der Waals surface area (Å²) in [7, 11) is 1.30. The summed E-state index contributed by atoms with van der Waals surface area (Å²) in [5.74, 6) is -0.283. The van der Waals surface area contributed by atoms with E-state index in [1.807, 2.05) is 0 Å². The van der Waals surface area contributed by atoms with Crippen LogP contribution in [0.2, 0.25) is 0 Å². The fourth-order valence-electron chi connectivity index (χ4n) is 2.29. The highest BCUT2D eigenvalue weighted by Gasteiger charge is 2.19. The average Bonchev–Trinajstić information content (AvgIpc) is 3.18. The minimum absolute atomic E-state index is 0.109. The van der Waals surface area contributed by atoms with Crippen LogP contribution in [0.5, 0.6) is 11.6 Å². The van der Waals surface area contributed by atoms with Gasteiger partial charge in [-0.2, -0.15) is 10.3 Å². The molecule has 2 heterocycles. The van der Waals surface area contributed by atoms with Gasteiger partial charge in [0.25, 0.3) is 0 Å². The number of benzene rings is 1. The van der Waals surface area contributed by atoms with Crippen LogP contribution in [0.15, 0.2) is 42.6 Å². The monoisotopic (exact) mass is 368 g/mol. The van der Waals surface area contributed by atoms with E-state index in [-0.39, 0.29) is 18.2 Å². The molecule has 1 aromatic carbocycles. The SMILES string of the molecule is CCOC(=O)c1n[nH]nc1-c1ccc(Oc2cc(C(=O)OC)ccn2)cc1. The van der Waals surface area contributed by atoms with Gasteiger partial charge in [0, 0.05) is 17.8 Å². The Morgan fingerprint density at radius 1 is 1.07 bits per heavy atom. The second-order valence-corrected chi connectivity index (χ2v) is 5.24. The lowest BCUT2D eigenvalue weighted by Crippen LogP contribution is -2.06. The number of carbonyl (C=O) groups is 2.